The van der Waals surface area contributed by atoms with Crippen molar-refractivity contribution in [2.75, 3.05) is 39.5 Å². The molecule has 0 radical (unpaired) electrons. The van der Waals surface area contributed by atoms with Crippen LogP contribution in [0.1, 0.15) is 30.5 Å². The maximum Gasteiger partial charge on any atom is 0.333 e. The van der Waals surface area contributed by atoms with Crippen molar-refractivity contribution in [3.63, 3.8) is 0 Å². The van der Waals surface area contributed by atoms with Crippen LogP contribution in [-0.4, -0.2) is 75.3 Å². The van der Waals surface area contributed by atoms with Crippen molar-refractivity contribution in [3.8, 4) is 17.1 Å². The van der Waals surface area contributed by atoms with Crippen LogP contribution >= 0.6 is 11.6 Å². The molecule has 12 heteroatoms. The second kappa shape index (κ2) is 11.2. The number of hydrogen-bond acceptors (Lipinski definition) is 7. The summed E-state index contributed by atoms with van der Waals surface area (Å²) in [6, 6.07) is 9.05. The molecular weight excluding hydrogens is 492 g/mol. The van der Waals surface area contributed by atoms with Crippen LogP contribution in [0.2, 0.25) is 5.15 Å². The molecule has 2 aromatic heterocycles. The quantitative estimate of drug-likeness (QED) is 0.454. The number of benzene rings is 1. The maximum atomic E-state index is 13.5. The third kappa shape index (κ3) is 6.08. The van der Waals surface area contributed by atoms with Gasteiger partial charge in [0, 0.05) is 43.4 Å². The Balaban J connectivity index is 1.51. The standard InChI is InChI=1S/C24H28ClF2N7O2/c1-32(2)17-7-9-33(10-8-17)21(35)14-36-19-6-4-3-5-15(19)11-16-13-34(23(26)27)31-22(16)18-12-20(25)30-24(28)29-18/h3-6,12-13,17,23H,7-11,14H2,1-2H3,(H2,28,29,30). The molecule has 0 atom stereocenters. The molecule has 1 aliphatic rings. The summed E-state index contributed by atoms with van der Waals surface area (Å²) >= 11 is 5.99. The molecule has 2 N–H and O–H groups in total. The fourth-order valence-corrected chi connectivity index (χ4v) is 4.48. The number of alkyl halides is 2. The van der Waals surface area contributed by atoms with E-state index in [4.69, 9.17) is 22.1 Å². The molecule has 4 rings (SSSR count). The lowest BCUT2D eigenvalue weighted by Crippen LogP contribution is -2.45. The minimum atomic E-state index is -2.84. The number of ether oxygens (including phenoxy) is 1. The highest BCUT2D eigenvalue weighted by Gasteiger charge is 2.24. The Morgan fingerprint density at radius 2 is 1.94 bits per heavy atom. The van der Waals surface area contributed by atoms with E-state index in [2.05, 4.69) is 20.0 Å². The Kier molecular flexibility index (Phi) is 8.00. The van der Waals surface area contributed by atoms with Crippen molar-refractivity contribution in [3.05, 3.63) is 52.8 Å². The van der Waals surface area contributed by atoms with Gasteiger partial charge in [-0.25, -0.2) is 14.6 Å². The van der Waals surface area contributed by atoms with Crippen molar-refractivity contribution < 1.29 is 18.3 Å². The lowest BCUT2D eigenvalue weighted by Gasteiger charge is -2.35. The van der Waals surface area contributed by atoms with Crippen molar-refractivity contribution in [2.45, 2.75) is 31.9 Å². The number of nitrogens with zero attached hydrogens (tertiary/aromatic N) is 6. The molecule has 36 heavy (non-hydrogen) atoms. The van der Waals surface area contributed by atoms with Crippen molar-refractivity contribution in [1.82, 2.24) is 29.5 Å². The number of amides is 1. The molecule has 1 saturated heterocycles. The predicted molar refractivity (Wildman–Crippen MR) is 132 cm³/mol. The van der Waals surface area contributed by atoms with Gasteiger partial charge in [-0.3, -0.25) is 4.79 Å². The summed E-state index contributed by atoms with van der Waals surface area (Å²) in [5.74, 6) is 0.316. The topological polar surface area (TPSA) is 102 Å². The summed E-state index contributed by atoms with van der Waals surface area (Å²) < 4.78 is 33.4. The molecule has 0 saturated carbocycles. The number of halogens is 3. The summed E-state index contributed by atoms with van der Waals surface area (Å²) in [5, 5.41) is 4.07. The number of anilines is 1. The van der Waals surface area contributed by atoms with Gasteiger partial charge in [-0.2, -0.15) is 13.9 Å². The maximum absolute atomic E-state index is 13.5. The third-order valence-corrected chi connectivity index (χ3v) is 6.41. The number of carbonyl (C=O) groups is 1. The minimum Gasteiger partial charge on any atom is -0.483 e. The van der Waals surface area contributed by atoms with Crippen LogP contribution in [0.15, 0.2) is 36.5 Å². The van der Waals surface area contributed by atoms with Gasteiger partial charge in [0.25, 0.3) is 5.91 Å². The molecule has 3 heterocycles. The number of hydrogen-bond donors (Lipinski definition) is 1. The van der Waals surface area contributed by atoms with E-state index in [1.165, 1.54) is 12.3 Å². The van der Waals surface area contributed by atoms with Gasteiger partial charge >= 0.3 is 6.55 Å². The van der Waals surface area contributed by atoms with E-state index in [0.717, 1.165) is 12.8 Å². The van der Waals surface area contributed by atoms with E-state index < -0.39 is 6.55 Å². The van der Waals surface area contributed by atoms with E-state index in [0.29, 0.717) is 40.7 Å². The summed E-state index contributed by atoms with van der Waals surface area (Å²) in [6.07, 6.45) is 3.30. The second-order valence-corrected chi connectivity index (χ2v) is 9.23. The van der Waals surface area contributed by atoms with Crippen LogP contribution in [0.3, 0.4) is 0 Å². The van der Waals surface area contributed by atoms with Gasteiger partial charge in [0.05, 0.1) is 5.69 Å². The monoisotopic (exact) mass is 519 g/mol. The molecular formula is C24H28ClF2N7O2. The average Bonchev–Trinajstić information content (AvgIpc) is 3.27. The fourth-order valence-electron chi connectivity index (χ4n) is 4.29. The minimum absolute atomic E-state index is 0.0758. The SMILES string of the molecule is CN(C)C1CCN(C(=O)COc2ccccc2Cc2cn(C(F)F)nc2-c2cc(Cl)nc(N)n2)CC1. The van der Waals surface area contributed by atoms with Crippen LogP contribution in [0.5, 0.6) is 5.75 Å². The Morgan fingerprint density at radius 3 is 2.61 bits per heavy atom. The smallest absolute Gasteiger partial charge is 0.333 e. The first-order valence-electron chi connectivity index (χ1n) is 11.5. The van der Waals surface area contributed by atoms with E-state index >= 15 is 0 Å². The first-order chi connectivity index (χ1) is 17.2. The zero-order valence-electron chi connectivity index (χ0n) is 20.1. The molecule has 1 aliphatic heterocycles. The van der Waals surface area contributed by atoms with E-state index in [9.17, 15) is 13.6 Å². The number of piperidine rings is 1. The Labute approximate surface area is 212 Å². The number of carbonyl (C=O) groups excluding carboxylic acids is 1. The lowest BCUT2D eigenvalue weighted by molar-refractivity contribution is -0.134. The summed E-state index contributed by atoms with van der Waals surface area (Å²) in [7, 11) is 4.10. The molecule has 1 aromatic carbocycles. The van der Waals surface area contributed by atoms with Gasteiger partial charge in [0.1, 0.15) is 16.6 Å². The van der Waals surface area contributed by atoms with Crippen molar-refractivity contribution >= 4 is 23.5 Å². The summed E-state index contributed by atoms with van der Waals surface area (Å²) in [6.45, 7) is -1.57. The van der Waals surface area contributed by atoms with Crippen LogP contribution in [0.25, 0.3) is 11.4 Å². The van der Waals surface area contributed by atoms with Gasteiger partial charge in [0.2, 0.25) is 5.95 Å². The van der Waals surface area contributed by atoms with Gasteiger partial charge in [-0.1, -0.05) is 29.8 Å². The molecule has 0 aliphatic carbocycles. The summed E-state index contributed by atoms with van der Waals surface area (Å²) in [4.78, 5) is 24.7. The molecule has 3 aromatic rings. The average molecular weight is 520 g/mol. The number of para-hydroxylation sites is 1. The zero-order valence-corrected chi connectivity index (χ0v) is 20.8. The molecule has 9 nitrogen and oxygen atoms in total. The Hall–Kier alpha value is -3.31. The second-order valence-electron chi connectivity index (χ2n) is 8.84. The normalized spacial score (nSPS) is 14.6. The van der Waals surface area contributed by atoms with Crippen LogP contribution in [0, 0.1) is 0 Å². The summed E-state index contributed by atoms with van der Waals surface area (Å²) in [5.41, 5.74) is 7.31. The van der Waals surface area contributed by atoms with Crippen LogP contribution in [0.4, 0.5) is 14.7 Å². The van der Waals surface area contributed by atoms with Gasteiger partial charge in [-0.05, 0) is 38.6 Å². The van der Waals surface area contributed by atoms with E-state index in [1.807, 2.05) is 31.1 Å². The number of aromatic nitrogens is 4. The fraction of sp³-hybridized carbons (Fsp3) is 0.417. The molecule has 0 spiro atoms. The molecule has 0 bridgehead atoms. The Morgan fingerprint density at radius 1 is 1.22 bits per heavy atom. The van der Waals surface area contributed by atoms with Crippen molar-refractivity contribution in [2.24, 2.45) is 0 Å². The highest BCUT2D eigenvalue weighted by Crippen LogP contribution is 2.29. The zero-order chi connectivity index (χ0) is 25.8. The number of rotatable bonds is 8. The molecule has 192 valence electrons. The lowest BCUT2D eigenvalue weighted by atomic mass is 10.0. The highest BCUT2D eigenvalue weighted by atomic mass is 35.5. The highest BCUT2D eigenvalue weighted by molar-refractivity contribution is 6.29. The largest absolute Gasteiger partial charge is 0.483 e. The molecule has 1 fully saturated rings. The number of nitrogens with two attached hydrogens (primary N) is 1. The van der Waals surface area contributed by atoms with Gasteiger partial charge in [0.15, 0.2) is 6.61 Å². The molecule has 1 amide bonds. The van der Waals surface area contributed by atoms with E-state index in [1.54, 1.807) is 12.1 Å². The van der Waals surface area contributed by atoms with Crippen LogP contribution < -0.4 is 10.5 Å². The predicted octanol–water partition coefficient (Wildman–Crippen LogP) is 3.49. The first-order valence-corrected chi connectivity index (χ1v) is 11.9. The van der Waals surface area contributed by atoms with Crippen molar-refractivity contribution in [1.29, 1.82) is 0 Å². The van der Waals surface area contributed by atoms with E-state index in [-0.39, 0.29) is 41.4 Å². The van der Waals surface area contributed by atoms with Gasteiger partial charge in [-0.15, -0.1) is 0 Å². The van der Waals surface area contributed by atoms with Gasteiger partial charge < -0.3 is 20.3 Å². The number of nitrogen functional groups attached to an aromatic ring is 1. The van der Waals surface area contributed by atoms with Crippen LogP contribution in [-0.2, 0) is 11.2 Å². The Bertz CT molecular complexity index is 1190. The first kappa shape index (κ1) is 25.8. The molecule has 0 unspecified atom stereocenters. The third-order valence-electron chi connectivity index (χ3n) is 6.21. The number of likely N-dealkylation sites (tertiary alicyclic amines) is 1.